The van der Waals surface area contributed by atoms with Crippen LogP contribution in [0.4, 0.5) is 0 Å². The summed E-state index contributed by atoms with van der Waals surface area (Å²) in [6.45, 7) is 0. The van der Waals surface area contributed by atoms with Crippen molar-refractivity contribution in [2.75, 3.05) is 0 Å². The minimum Gasteiger partial charge on any atom is -0.481 e. The van der Waals surface area contributed by atoms with Gasteiger partial charge in [-0.05, 0) is 12.8 Å². The van der Waals surface area contributed by atoms with Crippen LogP contribution in [0.2, 0.25) is 0 Å². The van der Waals surface area contributed by atoms with Gasteiger partial charge in [0.1, 0.15) is 0 Å². The van der Waals surface area contributed by atoms with Crippen LogP contribution >= 0.6 is 0 Å². The predicted octanol–water partition coefficient (Wildman–Crippen LogP) is 1.55. The number of primary amides is 1. The summed E-state index contributed by atoms with van der Waals surface area (Å²) in [4.78, 5) is 58.5. The number of carboxylic acids is 2. The third kappa shape index (κ3) is 8.85. The Morgan fingerprint density at radius 2 is 1.62 bits per heavy atom. The highest BCUT2D eigenvalue weighted by Gasteiger charge is 2.27. The summed E-state index contributed by atoms with van der Waals surface area (Å²) < 4.78 is 5.29. The van der Waals surface area contributed by atoms with Gasteiger partial charge in [0.15, 0.2) is 11.5 Å². The number of carbonyl (C=O) groups is 5. The molecule has 0 aliphatic heterocycles. The summed E-state index contributed by atoms with van der Waals surface area (Å²) in [7, 11) is 0. The number of hydrogen-bond donors (Lipinski definition) is 4. The molecular weight excluding hydrogens is 446 g/mol. The Labute approximate surface area is 195 Å². The first-order valence-electron chi connectivity index (χ1n) is 10.7. The Kier molecular flexibility index (Phi) is 9.93. The second kappa shape index (κ2) is 12.9. The van der Waals surface area contributed by atoms with Crippen LogP contribution in [0.5, 0.6) is 0 Å². The Balaban J connectivity index is 1.96. The van der Waals surface area contributed by atoms with Crippen molar-refractivity contribution in [1.29, 1.82) is 0 Å². The van der Waals surface area contributed by atoms with Gasteiger partial charge >= 0.3 is 11.9 Å². The Morgan fingerprint density at radius 1 is 0.971 bits per heavy atom. The van der Waals surface area contributed by atoms with Gasteiger partial charge in [-0.2, -0.15) is 0 Å². The van der Waals surface area contributed by atoms with E-state index in [1.165, 1.54) is 0 Å². The van der Waals surface area contributed by atoms with Crippen LogP contribution < -0.4 is 11.1 Å². The molecular formula is C23H27N3O8. The lowest BCUT2D eigenvalue weighted by molar-refractivity contribution is -0.139. The van der Waals surface area contributed by atoms with E-state index in [1.807, 2.05) is 30.3 Å². The number of carboxylic acid groups (broad SMARTS) is 2. The molecule has 0 bridgehead atoms. The molecule has 11 heteroatoms. The van der Waals surface area contributed by atoms with E-state index >= 15 is 0 Å². The highest BCUT2D eigenvalue weighted by atomic mass is 16.5. The number of benzene rings is 1. The number of carbonyl (C=O) groups excluding carboxylic acids is 3. The number of ketones is 1. The molecule has 34 heavy (non-hydrogen) atoms. The lowest BCUT2D eigenvalue weighted by atomic mass is 9.92. The Morgan fingerprint density at radius 3 is 2.24 bits per heavy atom. The van der Waals surface area contributed by atoms with Gasteiger partial charge in [0, 0.05) is 49.7 Å². The summed E-state index contributed by atoms with van der Waals surface area (Å²) in [6, 6.07) is 9.83. The van der Waals surface area contributed by atoms with E-state index in [4.69, 9.17) is 20.5 Å². The molecule has 1 heterocycles. The smallest absolute Gasteiger partial charge is 0.303 e. The summed E-state index contributed by atoms with van der Waals surface area (Å²) in [5.41, 5.74) is 6.63. The van der Waals surface area contributed by atoms with E-state index in [0.717, 1.165) is 5.56 Å². The van der Waals surface area contributed by atoms with E-state index in [2.05, 4.69) is 10.5 Å². The molecule has 11 nitrogen and oxygen atoms in total. The number of amides is 2. The lowest BCUT2D eigenvalue weighted by Gasteiger charge is -2.19. The molecule has 0 aliphatic rings. The first-order chi connectivity index (χ1) is 16.2. The van der Waals surface area contributed by atoms with Gasteiger partial charge in [-0.25, -0.2) is 0 Å². The molecule has 1 aromatic heterocycles. The average Bonchev–Trinajstić information content (AvgIpc) is 3.27. The van der Waals surface area contributed by atoms with Crippen LogP contribution in [0.15, 0.2) is 40.9 Å². The summed E-state index contributed by atoms with van der Waals surface area (Å²) >= 11 is 0. The van der Waals surface area contributed by atoms with Crippen molar-refractivity contribution in [2.24, 2.45) is 11.7 Å². The van der Waals surface area contributed by atoms with Crippen molar-refractivity contribution in [3.8, 4) is 11.3 Å². The van der Waals surface area contributed by atoms with E-state index < -0.39 is 47.9 Å². The van der Waals surface area contributed by atoms with E-state index in [0.29, 0.717) is 11.5 Å². The SMILES string of the molecule is NC(=O)[C@H](CCC(=O)O)CC(=O)[C@H](CCC(=O)O)NC(=O)CCc1cc(-c2ccccc2)on1. The molecule has 0 radical (unpaired) electrons. The Bertz CT molecular complexity index is 1020. The second-order valence-corrected chi connectivity index (χ2v) is 7.80. The third-order valence-corrected chi connectivity index (χ3v) is 5.15. The molecule has 2 atom stereocenters. The first kappa shape index (κ1) is 26.2. The largest absolute Gasteiger partial charge is 0.481 e. The number of aliphatic carboxylic acids is 2. The lowest BCUT2D eigenvalue weighted by Crippen LogP contribution is -2.43. The van der Waals surface area contributed by atoms with Gasteiger partial charge in [-0.3, -0.25) is 24.0 Å². The van der Waals surface area contributed by atoms with Gasteiger partial charge in [-0.15, -0.1) is 0 Å². The zero-order valence-corrected chi connectivity index (χ0v) is 18.4. The number of aryl methyl sites for hydroxylation is 1. The minimum atomic E-state index is -1.15. The number of nitrogens with two attached hydrogens (primary N) is 1. The number of hydrogen-bond acceptors (Lipinski definition) is 7. The fraction of sp³-hybridized carbons (Fsp3) is 0.391. The highest BCUT2D eigenvalue weighted by Crippen LogP contribution is 2.20. The number of nitrogens with zero attached hydrogens (tertiary/aromatic N) is 1. The molecule has 0 spiro atoms. The molecule has 0 unspecified atom stereocenters. The number of aromatic nitrogens is 1. The van der Waals surface area contributed by atoms with Gasteiger partial charge in [0.25, 0.3) is 0 Å². The van der Waals surface area contributed by atoms with Gasteiger partial charge in [0.2, 0.25) is 11.8 Å². The average molecular weight is 473 g/mol. The van der Waals surface area contributed by atoms with Crippen LogP contribution in [-0.2, 0) is 30.4 Å². The molecule has 1 aromatic carbocycles. The fourth-order valence-electron chi connectivity index (χ4n) is 3.29. The minimum absolute atomic E-state index is 0.0319. The van der Waals surface area contributed by atoms with Gasteiger partial charge in [-0.1, -0.05) is 35.5 Å². The zero-order valence-electron chi connectivity index (χ0n) is 18.4. The normalized spacial score (nSPS) is 12.5. The van der Waals surface area contributed by atoms with Gasteiger partial charge in [0.05, 0.1) is 11.7 Å². The molecule has 5 N–H and O–H groups in total. The Hall–Kier alpha value is -4.02. The third-order valence-electron chi connectivity index (χ3n) is 5.15. The van der Waals surface area contributed by atoms with Crippen molar-refractivity contribution in [1.82, 2.24) is 10.5 Å². The van der Waals surface area contributed by atoms with Crippen molar-refractivity contribution in [3.05, 3.63) is 42.1 Å². The van der Waals surface area contributed by atoms with Crippen LogP contribution in [0, 0.1) is 5.92 Å². The molecule has 182 valence electrons. The molecule has 0 saturated heterocycles. The standard InChI is InChI=1S/C23H27N3O8/c24-23(33)15(6-10-21(29)30)12-18(27)17(8-11-22(31)32)25-20(28)9-7-16-13-19(34-26-16)14-4-2-1-3-5-14/h1-5,13,15,17H,6-12H2,(H2,24,33)(H,25,28)(H,29,30)(H,31,32)/t15-,17+/m1/s1. The summed E-state index contributed by atoms with van der Waals surface area (Å²) in [5, 5.41) is 24.2. The summed E-state index contributed by atoms with van der Waals surface area (Å²) in [5.74, 6) is -4.70. The molecule has 2 rings (SSSR count). The van der Waals surface area contributed by atoms with Crippen molar-refractivity contribution in [2.45, 2.75) is 51.0 Å². The van der Waals surface area contributed by atoms with E-state index in [9.17, 15) is 24.0 Å². The molecule has 2 aromatic rings. The van der Waals surface area contributed by atoms with Crippen LogP contribution in [0.25, 0.3) is 11.3 Å². The first-order valence-corrected chi connectivity index (χ1v) is 10.7. The van der Waals surface area contributed by atoms with Crippen LogP contribution in [0.1, 0.15) is 44.2 Å². The maximum absolute atomic E-state index is 12.7. The van der Waals surface area contributed by atoms with Crippen LogP contribution in [0.3, 0.4) is 0 Å². The van der Waals surface area contributed by atoms with E-state index in [1.54, 1.807) is 6.07 Å². The fourth-order valence-corrected chi connectivity index (χ4v) is 3.29. The predicted molar refractivity (Wildman–Crippen MR) is 118 cm³/mol. The molecule has 2 amide bonds. The number of rotatable bonds is 15. The maximum atomic E-state index is 12.7. The number of nitrogens with one attached hydrogen (secondary N) is 1. The monoisotopic (exact) mass is 473 g/mol. The van der Waals surface area contributed by atoms with Crippen molar-refractivity contribution >= 4 is 29.5 Å². The van der Waals surface area contributed by atoms with Crippen LogP contribution in [-0.4, -0.2) is 50.9 Å². The second-order valence-electron chi connectivity index (χ2n) is 7.80. The highest BCUT2D eigenvalue weighted by molar-refractivity contribution is 5.92. The number of Topliss-reactive ketones (excluding diaryl/α,β-unsaturated/α-hetero) is 1. The van der Waals surface area contributed by atoms with E-state index in [-0.39, 0.29) is 38.5 Å². The molecule has 0 saturated carbocycles. The van der Waals surface area contributed by atoms with Gasteiger partial charge < -0.3 is 25.8 Å². The van der Waals surface area contributed by atoms with Crippen molar-refractivity contribution in [3.63, 3.8) is 0 Å². The quantitative estimate of drug-likeness (QED) is 0.297. The summed E-state index contributed by atoms with van der Waals surface area (Å²) in [6.07, 6.45) is -1.23. The van der Waals surface area contributed by atoms with Crippen molar-refractivity contribution < 1.29 is 38.7 Å². The molecule has 0 fully saturated rings. The topological polar surface area (TPSA) is 190 Å². The maximum Gasteiger partial charge on any atom is 0.303 e. The molecule has 0 aliphatic carbocycles. The zero-order chi connectivity index (χ0) is 25.1.